The van der Waals surface area contributed by atoms with Crippen LogP contribution in [0.3, 0.4) is 0 Å². The number of nitrogens with two attached hydrogens (primary N) is 1. The van der Waals surface area contributed by atoms with Gasteiger partial charge in [0.05, 0.1) is 11.4 Å². The van der Waals surface area contributed by atoms with Crippen LogP contribution in [0.25, 0.3) is 0 Å². The van der Waals surface area contributed by atoms with Crippen molar-refractivity contribution in [1.29, 1.82) is 0 Å². The van der Waals surface area contributed by atoms with Crippen LogP contribution < -0.4 is 5.73 Å². The van der Waals surface area contributed by atoms with Gasteiger partial charge in [0.2, 0.25) is 11.9 Å². The lowest BCUT2D eigenvalue weighted by Gasteiger charge is -2.46. The molecule has 4 unspecified atom stereocenters. The number of hydrogen-bond donors (Lipinski definition) is 5. The summed E-state index contributed by atoms with van der Waals surface area (Å²) in [6, 6.07) is 8.80. The first kappa shape index (κ1) is 22.8. The minimum Gasteiger partial charge on any atom is -0.456 e. The number of rotatable bonds is 7. The van der Waals surface area contributed by atoms with Gasteiger partial charge in [-0.3, -0.25) is 5.73 Å². The first-order chi connectivity index (χ1) is 13.3. The number of ether oxygens (including phenoxy) is 1. The summed E-state index contributed by atoms with van der Waals surface area (Å²) < 4.78 is 5.33. The standard InChI is InChI=1S/C19H26N3O7/c1-17(25,11-23)19(3,27)18(2,26)13-9-22(28)15(20)14(21-13)16(24)29-10-12-7-5-4-6-8-12/h4-9,15,23,25-27H,10-11,20H2,1-3H3/q+1. The van der Waals surface area contributed by atoms with Crippen LogP contribution in [0.5, 0.6) is 0 Å². The van der Waals surface area contributed by atoms with Crippen molar-refractivity contribution in [3.05, 3.63) is 52.7 Å². The summed E-state index contributed by atoms with van der Waals surface area (Å²) in [4.78, 5) is 28.6. The summed E-state index contributed by atoms with van der Waals surface area (Å²) in [5.41, 5.74) is -1.34. The Labute approximate surface area is 167 Å². The van der Waals surface area contributed by atoms with Crippen LogP contribution in [-0.2, 0) is 16.1 Å². The van der Waals surface area contributed by atoms with Crippen molar-refractivity contribution in [3.8, 4) is 0 Å². The second-order valence-electron chi connectivity index (χ2n) is 7.45. The van der Waals surface area contributed by atoms with Crippen LogP contribution >= 0.6 is 0 Å². The van der Waals surface area contributed by atoms with Crippen LogP contribution in [0.15, 0.2) is 47.2 Å². The second-order valence-corrected chi connectivity index (χ2v) is 7.45. The monoisotopic (exact) mass is 408 g/mol. The summed E-state index contributed by atoms with van der Waals surface area (Å²) in [6.07, 6.45) is -0.679. The molecule has 0 fully saturated rings. The van der Waals surface area contributed by atoms with Crippen molar-refractivity contribution in [1.82, 2.24) is 0 Å². The first-order valence-electron chi connectivity index (χ1n) is 8.86. The molecule has 10 heteroatoms. The fourth-order valence-corrected chi connectivity index (χ4v) is 2.67. The summed E-state index contributed by atoms with van der Waals surface area (Å²) in [5, 5.41) is 41.2. The molecule has 10 nitrogen and oxygen atoms in total. The Balaban J connectivity index is 2.34. The lowest BCUT2D eigenvalue weighted by Crippen LogP contribution is -2.66. The van der Waals surface area contributed by atoms with E-state index in [-0.39, 0.29) is 11.4 Å². The van der Waals surface area contributed by atoms with Crippen LogP contribution in [0.2, 0.25) is 0 Å². The van der Waals surface area contributed by atoms with Gasteiger partial charge < -0.3 is 25.2 Å². The molecule has 6 N–H and O–H groups in total. The van der Waals surface area contributed by atoms with E-state index in [4.69, 9.17) is 10.5 Å². The van der Waals surface area contributed by atoms with E-state index in [1.165, 1.54) is 0 Å². The highest BCUT2D eigenvalue weighted by Gasteiger charge is 2.58. The molecule has 0 saturated heterocycles. The van der Waals surface area contributed by atoms with Crippen LogP contribution in [0.4, 0.5) is 0 Å². The molecule has 1 aliphatic rings. The van der Waals surface area contributed by atoms with Gasteiger partial charge in [0, 0.05) is 4.91 Å². The largest absolute Gasteiger partial charge is 0.456 e. The molecule has 0 radical (unpaired) electrons. The van der Waals surface area contributed by atoms with Crippen LogP contribution in [0, 0.1) is 4.91 Å². The Morgan fingerprint density at radius 2 is 1.79 bits per heavy atom. The van der Waals surface area contributed by atoms with Crippen molar-refractivity contribution >= 4 is 11.7 Å². The number of nitroso groups, excluding NO2 is 1. The Kier molecular flexibility index (Phi) is 6.36. The van der Waals surface area contributed by atoms with Gasteiger partial charge in [-0.05, 0) is 26.3 Å². The zero-order chi connectivity index (χ0) is 22.0. The maximum atomic E-state index is 12.4. The van der Waals surface area contributed by atoms with Crippen molar-refractivity contribution in [2.24, 2.45) is 10.7 Å². The van der Waals surface area contributed by atoms with Gasteiger partial charge in [-0.25, -0.2) is 9.79 Å². The third-order valence-electron chi connectivity index (χ3n) is 5.27. The van der Waals surface area contributed by atoms with Crippen molar-refractivity contribution in [2.45, 2.75) is 50.3 Å². The fourth-order valence-electron chi connectivity index (χ4n) is 2.67. The molecule has 0 bridgehead atoms. The summed E-state index contributed by atoms with van der Waals surface area (Å²) in [5.74, 6) is -0.975. The molecule has 0 saturated carbocycles. The quantitative estimate of drug-likeness (QED) is 0.293. The highest BCUT2D eigenvalue weighted by Crippen LogP contribution is 2.38. The number of esters is 1. The van der Waals surface area contributed by atoms with E-state index in [2.05, 4.69) is 4.99 Å². The van der Waals surface area contributed by atoms with Gasteiger partial charge in [-0.1, -0.05) is 30.3 Å². The zero-order valence-corrected chi connectivity index (χ0v) is 16.4. The van der Waals surface area contributed by atoms with E-state index in [1.807, 2.05) is 0 Å². The number of aliphatic hydroxyl groups excluding tert-OH is 1. The van der Waals surface area contributed by atoms with Crippen LogP contribution in [-0.4, -0.2) is 66.4 Å². The summed E-state index contributed by atoms with van der Waals surface area (Å²) in [7, 11) is 0. The smallest absolute Gasteiger partial charge is 0.361 e. The minimum atomic E-state index is -2.36. The summed E-state index contributed by atoms with van der Waals surface area (Å²) in [6.45, 7) is 2.28. The van der Waals surface area contributed by atoms with Gasteiger partial charge in [0.1, 0.15) is 29.1 Å². The Bertz CT molecular complexity index is 845. The summed E-state index contributed by atoms with van der Waals surface area (Å²) >= 11 is 0. The van der Waals surface area contributed by atoms with Gasteiger partial charge in [0.15, 0.2) is 0 Å². The SMILES string of the molecule is CC(O)(CO)C(C)(O)C(C)(O)C1=C[N+](=O)C(N)C(C(=O)OCc2ccccc2)=N1. The predicted molar refractivity (Wildman–Crippen MR) is 102 cm³/mol. The second kappa shape index (κ2) is 8.09. The van der Waals surface area contributed by atoms with Gasteiger partial charge in [0.25, 0.3) is 0 Å². The average molecular weight is 408 g/mol. The van der Waals surface area contributed by atoms with Crippen LogP contribution in [0.1, 0.15) is 26.3 Å². The number of aliphatic imine (C=N–C) groups is 1. The number of benzene rings is 1. The molecule has 4 atom stereocenters. The number of aliphatic hydroxyl groups is 4. The van der Waals surface area contributed by atoms with E-state index in [1.54, 1.807) is 30.3 Å². The third-order valence-corrected chi connectivity index (χ3v) is 5.27. The molecule has 1 aliphatic heterocycles. The Hall–Kier alpha value is -2.50. The van der Waals surface area contributed by atoms with Crippen molar-refractivity contribution in [3.63, 3.8) is 0 Å². The molecule has 1 aromatic carbocycles. The number of carbonyl (C=O) groups is 1. The Morgan fingerprint density at radius 1 is 1.21 bits per heavy atom. The van der Waals surface area contributed by atoms with E-state index in [0.29, 0.717) is 5.56 Å². The number of hydrogen-bond acceptors (Lipinski definition) is 9. The number of nitrogens with zero attached hydrogens (tertiary/aromatic N) is 2. The number of carbonyl (C=O) groups excluding carboxylic acids is 1. The molecule has 0 aliphatic carbocycles. The van der Waals surface area contributed by atoms with Gasteiger partial charge in [-0.15, -0.1) is 0 Å². The van der Waals surface area contributed by atoms with Gasteiger partial charge >= 0.3 is 12.1 Å². The predicted octanol–water partition coefficient (Wildman–Crippen LogP) is -0.665. The lowest BCUT2D eigenvalue weighted by molar-refractivity contribution is -0.504. The molecule has 158 valence electrons. The molecule has 0 amide bonds. The zero-order valence-electron chi connectivity index (χ0n) is 16.4. The molecule has 2 rings (SSSR count). The molecule has 29 heavy (non-hydrogen) atoms. The molecule has 1 aromatic rings. The maximum Gasteiger partial charge on any atom is 0.361 e. The van der Waals surface area contributed by atoms with E-state index in [9.17, 15) is 30.1 Å². The van der Waals surface area contributed by atoms with E-state index < -0.39 is 47.0 Å². The average Bonchev–Trinajstić information content (AvgIpc) is 2.68. The van der Waals surface area contributed by atoms with Gasteiger partial charge in [-0.2, -0.15) is 0 Å². The molecule has 0 spiro atoms. The fraction of sp³-hybridized carbons (Fsp3) is 0.474. The maximum absolute atomic E-state index is 12.4. The van der Waals surface area contributed by atoms with E-state index >= 15 is 0 Å². The molecule has 0 aromatic heterocycles. The highest BCUT2D eigenvalue weighted by molar-refractivity contribution is 6.38. The normalized spacial score (nSPS) is 23.2. The molecular formula is C19H26N3O7+. The van der Waals surface area contributed by atoms with E-state index in [0.717, 1.165) is 27.0 Å². The lowest BCUT2D eigenvalue weighted by atomic mass is 9.72. The molecular weight excluding hydrogens is 382 g/mol. The van der Waals surface area contributed by atoms with Crippen molar-refractivity contribution < 1.29 is 34.7 Å². The minimum absolute atomic E-state index is 0.0867. The topological polar surface area (TPSA) is 166 Å². The molecule has 1 heterocycles. The third kappa shape index (κ3) is 4.26. The first-order valence-corrected chi connectivity index (χ1v) is 8.86. The van der Waals surface area contributed by atoms with Crippen molar-refractivity contribution in [2.75, 3.05) is 6.61 Å². The highest BCUT2D eigenvalue weighted by atomic mass is 16.5. The Morgan fingerprint density at radius 3 is 2.34 bits per heavy atom.